The van der Waals surface area contributed by atoms with Crippen molar-refractivity contribution >= 4 is 0 Å². The normalized spacial score (nSPS) is 11.8. The van der Waals surface area contributed by atoms with Gasteiger partial charge in [-0.2, -0.15) is 5.26 Å². The Labute approximate surface area is 113 Å². The zero-order valence-electron chi connectivity index (χ0n) is 10.9. The molecule has 0 bridgehead atoms. The summed E-state index contributed by atoms with van der Waals surface area (Å²) in [5.41, 5.74) is 3.47. The molecule has 0 fully saturated rings. The lowest BCUT2D eigenvalue weighted by Gasteiger charge is -2.10. The highest BCUT2D eigenvalue weighted by Crippen LogP contribution is 2.18. The number of nitrogens with zero attached hydrogens (tertiary/aromatic N) is 2. The number of aromatic nitrogens is 1. The predicted octanol–water partition coefficient (Wildman–Crippen LogP) is 2.79. The second-order valence-corrected chi connectivity index (χ2v) is 4.47. The lowest BCUT2D eigenvalue weighted by molar-refractivity contribution is 0.177. The minimum Gasteiger partial charge on any atom is -0.388 e. The monoisotopic (exact) mass is 252 g/mol. The van der Waals surface area contributed by atoms with Gasteiger partial charge in [-0.3, -0.25) is 4.98 Å². The molecule has 1 N–H and O–H groups in total. The van der Waals surface area contributed by atoms with Gasteiger partial charge in [0.25, 0.3) is 0 Å². The third kappa shape index (κ3) is 3.40. The zero-order valence-corrected chi connectivity index (χ0v) is 10.9. The van der Waals surface area contributed by atoms with Gasteiger partial charge in [0, 0.05) is 18.3 Å². The van der Waals surface area contributed by atoms with Gasteiger partial charge in [-0.05, 0) is 35.7 Å². The van der Waals surface area contributed by atoms with Gasteiger partial charge in [-0.1, -0.05) is 25.1 Å². The van der Waals surface area contributed by atoms with Crippen LogP contribution in [0.2, 0.25) is 0 Å². The summed E-state index contributed by atoms with van der Waals surface area (Å²) < 4.78 is 0. The topological polar surface area (TPSA) is 56.9 Å². The molecule has 1 atom stereocenters. The summed E-state index contributed by atoms with van der Waals surface area (Å²) in [6.45, 7) is 2.09. The number of pyridine rings is 1. The van der Waals surface area contributed by atoms with Gasteiger partial charge in [-0.25, -0.2) is 0 Å². The van der Waals surface area contributed by atoms with Crippen LogP contribution in [0.3, 0.4) is 0 Å². The Bertz CT molecular complexity index is 567. The van der Waals surface area contributed by atoms with Crippen LogP contribution in [0, 0.1) is 11.3 Å². The van der Waals surface area contributed by atoms with Gasteiger partial charge in [-0.15, -0.1) is 0 Å². The highest BCUT2D eigenvalue weighted by Gasteiger charge is 2.09. The summed E-state index contributed by atoms with van der Waals surface area (Å²) in [7, 11) is 0. The molecule has 1 unspecified atom stereocenters. The van der Waals surface area contributed by atoms with E-state index in [1.54, 1.807) is 24.3 Å². The van der Waals surface area contributed by atoms with Crippen LogP contribution in [-0.2, 0) is 12.8 Å². The summed E-state index contributed by atoms with van der Waals surface area (Å²) in [4.78, 5) is 4.34. The fourth-order valence-electron chi connectivity index (χ4n) is 1.88. The summed E-state index contributed by atoms with van der Waals surface area (Å²) in [6, 6.07) is 13.0. The Morgan fingerprint density at radius 1 is 1.21 bits per heavy atom. The molecule has 1 aromatic heterocycles. The predicted molar refractivity (Wildman–Crippen MR) is 73.4 cm³/mol. The van der Waals surface area contributed by atoms with Crippen molar-refractivity contribution in [3.05, 3.63) is 65.0 Å². The van der Waals surface area contributed by atoms with Crippen LogP contribution in [0.5, 0.6) is 0 Å². The van der Waals surface area contributed by atoms with E-state index < -0.39 is 6.10 Å². The van der Waals surface area contributed by atoms with Gasteiger partial charge < -0.3 is 5.11 Å². The molecule has 0 spiro atoms. The first kappa shape index (κ1) is 13.3. The van der Waals surface area contributed by atoms with E-state index >= 15 is 0 Å². The summed E-state index contributed by atoms with van der Waals surface area (Å²) in [6.07, 6.45) is 2.70. The summed E-state index contributed by atoms with van der Waals surface area (Å²) in [5.74, 6) is 0. The van der Waals surface area contributed by atoms with Crippen molar-refractivity contribution in [3.8, 4) is 6.07 Å². The Kier molecular flexibility index (Phi) is 4.27. The molecule has 0 radical (unpaired) electrons. The van der Waals surface area contributed by atoms with E-state index in [0.29, 0.717) is 12.0 Å². The second-order valence-electron chi connectivity index (χ2n) is 4.47. The first-order valence-electron chi connectivity index (χ1n) is 6.35. The van der Waals surface area contributed by atoms with Gasteiger partial charge in [0.05, 0.1) is 17.7 Å². The molecule has 2 aromatic rings. The molecule has 3 nitrogen and oxygen atoms in total. The Balaban J connectivity index is 2.06. The Hall–Kier alpha value is -2.18. The average Bonchev–Trinajstić information content (AvgIpc) is 2.48. The molecule has 0 saturated heterocycles. The van der Waals surface area contributed by atoms with E-state index in [1.165, 1.54) is 5.56 Å². The van der Waals surface area contributed by atoms with Crippen LogP contribution in [0.25, 0.3) is 0 Å². The molecule has 1 aromatic carbocycles. The SMILES string of the molecule is CCc1ccc(CC(O)c2ccc(C#N)cc2)nc1. The fourth-order valence-corrected chi connectivity index (χ4v) is 1.88. The molecule has 0 aliphatic rings. The van der Waals surface area contributed by atoms with Gasteiger partial charge >= 0.3 is 0 Å². The summed E-state index contributed by atoms with van der Waals surface area (Å²) >= 11 is 0. The fraction of sp³-hybridized carbons (Fsp3) is 0.250. The van der Waals surface area contributed by atoms with Crippen LogP contribution in [-0.4, -0.2) is 10.1 Å². The molecule has 2 rings (SSSR count). The average molecular weight is 252 g/mol. The molecule has 0 saturated carbocycles. The van der Waals surface area contributed by atoms with Crippen molar-refractivity contribution in [1.29, 1.82) is 5.26 Å². The number of aryl methyl sites for hydroxylation is 1. The van der Waals surface area contributed by atoms with Crippen molar-refractivity contribution in [2.75, 3.05) is 0 Å². The molecular weight excluding hydrogens is 236 g/mol. The molecule has 0 aliphatic heterocycles. The minimum atomic E-state index is -0.590. The standard InChI is InChI=1S/C16H16N2O/c1-2-12-5-8-15(18-11-12)9-16(19)14-6-3-13(10-17)4-7-14/h3-8,11,16,19H,2,9H2,1H3. The molecule has 0 amide bonds. The maximum absolute atomic E-state index is 10.1. The maximum Gasteiger partial charge on any atom is 0.0991 e. The van der Waals surface area contributed by atoms with Crippen molar-refractivity contribution < 1.29 is 5.11 Å². The second kappa shape index (κ2) is 6.12. The van der Waals surface area contributed by atoms with Crippen LogP contribution in [0.4, 0.5) is 0 Å². The third-order valence-electron chi connectivity index (χ3n) is 3.12. The van der Waals surface area contributed by atoms with Crippen LogP contribution >= 0.6 is 0 Å². The number of aliphatic hydroxyl groups is 1. The van der Waals surface area contributed by atoms with Crippen molar-refractivity contribution in [2.24, 2.45) is 0 Å². The molecule has 19 heavy (non-hydrogen) atoms. The highest BCUT2D eigenvalue weighted by molar-refractivity contribution is 5.32. The van der Waals surface area contributed by atoms with E-state index in [9.17, 15) is 5.11 Å². The Morgan fingerprint density at radius 2 is 1.95 bits per heavy atom. The molecule has 3 heteroatoms. The van der Waals surface area contributed by atoms with E-state index in [0.717, 1.165) is 17.7 Å². The lowest BCUT2D eigenvalue weighted by atomic mass is 10.0. The van der Waals surface area contributed by atoms with Crippen LogP contribution in [0.15, 0.2) is 42.6 Å². The number of hydrogen-bond acceptors (Lipinski definition) is 3. The van der Waals surface area contributed by atoms with Crippen molar-refractivity contribution in [1.82, 2.24) is 4.98 Å². The molecule has 96 valence electrons. The van der Waals surface area contributed by atoms with Gasteiger partial charge in [0.1, 0.15) is 0 Å². The number of benzene rings is 1. The van der Waals surface area contributed by atoms with E-state index in [-0.39, 0.29) is 0 Å². The zero-order chi connectivity index (χ0) is 13.7. The molecule has 1 heterocycles. The molecular formula is C16H16N2O. The lowest BCUT2D eigenvalue weighted by Crippen LogP contribution is -2.03. The minimum absolute atomic E-state index is 0.482. The van der Waals surface area contributed by atoms with Crippen molar-refractivity contribution in [2.45, 2.75) is 25.9 Å². The number of rotatable bonds is 4. The third-order valence-corrected chi connectivity index (χ3v) is 3.12. The Morgan fingerprint density at radius 3 is 2.47 bits per heavy atom. The van der Waals surface area contributed by atoms with Crippen molar-refractivity contribution in [3.63, 3.8) is 0 Å². The van der Waals surface area contributed by atoms with E-state index in [2.05, 4.69) is 18.0 Å². The number of hydrogen-bond donors (Lipinski definition) is 1. The van der Waals surface area contributed by atoms with E-state index in [1.807, 2.05) is 18.3 Å². The van der Waals surface area contributed by atoms with E-state index in [4.69, 9.17) is 5.26 Å². The quantitative estimate of drug-likeness (QED) is 0.910. The highest BCUT2D eigenvalue weighted by atomic mass is 16.3. The van der Waals surface area contributed by atoms with Crippen LogP contribution in [0.1, 0.15) is 35.4 Å². The maximum atomic E-state index is 10.1. The first-order valence-corrected chi connectivity index (χ1v) is 6.35. The van der Waals surface area contributed by atoms with Gasteiger partial charge in [0.15, 0.2) is 0 Å². The van der Waals surface area contributed by atoms with Crippen LogP contribution < -0.4 is 0 Å². The first-order chi connectivity index (χ1) is 9.22. The smallest absolute Gasteiger partial charge is 0.0991 e. The summed E-state index contributed by atoms with van der Waals surface area (Å²) in [5, 5.41) is 18.9. The number of aliphatic hydroxyl groups excluding tert-OH is 1. The largest absolute Gasteiger partial charge is 0.388 e. The number of nitriles is 1. The molecule has 0 aliphatic carbocycles. The van der Waals surface area contributed by atoms with Gasteiger partial charge in [0.2, 0.25) is 0 Å².